The summed E-state index contributed by atoms with van der Waals surface area (Å²) in [5, 5.41) is 0.627. The highest BCUT2D eigenvalue weighted by molar-refractivity contribution is 7.88. The fourth-order valence-corrected chi connectivity index (χ4v) is 5.05. The highest BCUT2D eigenvalue weighted by Gasteiger charge is 2.40. The summed E-state index contributed by atoms with van der Waals surface area (Å²) in [6.07, 6.45) is 4.68. The largest absolute Gasteiger partial charge is 0.216 e. The molecule has 0 saturated heterocycles. The van der Waals surface area contributed by atoms with Gasteiger partial charge >= 0.3 is 0 Å². The minimum atomic E-state index is -3.25. The lowest BCUT2D eigenvalue weighted by Crippen LogP contribution is -2.39. The van der Waals surface area contributed by atoms with Crippen molar-refractivity contribution in [3.05, 3.63) is 34.9 Å². The molecule has 3 atom stereocenters. The Balaban J connectivity index is 1.64. The van der Waals surface area contributed by atoms with Crippen LogP contribution < -0.4 is 4.72 Å². The van der Waals surface area contributed by atoms with Crippen molar-refractivity contribution in [2.75, 3.05) is 0 Å². The second-order valence-electron chi connectivity index (χ2n) is 5.78. The van der Waals surface area contributed by atoms with Crippen molar-refractivity contribution in [3.63, 3.8) is 0 Å². The van der Waals surface area contributed by atoms with Gasteiger partial charge in [-0.15, -0.1) is 0 Å². The van der Waals surface area contributed by atoms with Crippen LogP contribution in [0.25, 0.3) is 0 Å². The van der Waals surface area contributed by atoms with Crippen molar-refractivity contribution in [2.24, 2.45) is 11.8 Å². The number of hydrogen-bond acceptors (Lipinski definition) is 2. The summed E-state index contributed by atoms with van der Waals surface area (Å²) >= 11 is 5.80. The maximum atomic E-state index is 12.2. The SMILES string of the molecule is O=S(=O)(Cc1ccc(Cl)cc1)N[C@@H]1C[C@H]2CC[C@@H]1C2. The molecule has 2 fully saturated rings. The van der Waals surface area contributed by atoms with E-state index in [4.69, 9.17) is 11.6 Å². The summed E-state index contributed by atoms with van der Waals surface area (Å²) < 4.78 is 27.2. The molecule has 19 heavy (non-hydrogen) atoms. The lowest BCUT2D eigenvalue weighted by molar-refractivity contribution is 0.390. The molecule has 0 radical (unpaired) electrons. The summed E-state index contributed by atoms with van der Waals surface area (Å²) in [5.74, 6) is 1.34. The fraction of sp³-hybridized carbons (Fsp3) is 0.571. The molecule has 2 aliphatic carbocycles. The van der Waals surface area contributed by atoms with Crippen molar-refractivity contribution in [1.29, 1.82) is 0 Å². The molecule has 0 amide bonds. The smallest absolute Gasteiger partial charge is 0.212 e. The van der Waals surface area contributed by atoms with Crippen molar-refractivity contribution in [2.45, 2.75) is 37.5 Å². The zero-order chi connectivity index (χ0) is 13.5. The van der Waals surface area contributed by atoms with Gasteiger partial charge in [0, 0.05) is 11.1 Å². The standard InChI is InChI=1S/C14H18ClNO2S/c15-13-5-2-10(3-6-13)9-19(17,18)16-14-8-11-1-4-12(14)7-11/h2-3,5-6,11-12,14,16H,1,4,7-9H2/t11-,12+,14+/m0/s1. The van der Waals surface area contributed by atoms with Gasteiger partial charge in [0.1, 0.15) is 0 Å². The van der Waals surface area contributed by atoms with Gasteiger partial charge in [0.15, 0.2) is 0 Å². The minimum absolute atomic E-state index is 0.0397. The van der Waals surface area contributed by atoms with Crippen molar-refractivity contribution < 1.29 is 8.42 Å². The maximum absolute atomic E-state index is 12.2. The van der Waals surface area contributed by atoms with Crippen molar-refractivity contribution >= 4 is 21.6 Å². The molecule has 1 N–H and O–H groups in total. The first kappa shape index (κ1) is 13.4. The molecule has 3 rings (SSSR count). The monoisotopic (exact) mass is 299 g/mol. The molecule has 3 nitrogen and oxygen atoms in total. The number of sulfonamides is 1. The van der Waals surface area contributed by atoms with Gasteiger partial charge in [0.05, 0.1) is 5.75 Å². The zero-order valence-corrected chi connectivity index (χ0v) is 12.3. The Morgan fingerprint density at radius 3 is 2.47 bits per heavy atom. The Hall–Kier alpha value is -0.580. The number of benzene rings is 1. The Kier molecular flexibility index (Phi) is 3.58. The van der Waals surface area contributed by atoms with Crippen molar-refractivity contribution in [1.82, 2.24) is 4.72 Å². The van der Waals surface area contributed by atoms with E-state index in [1.165, 1.54) is 19.3 Å². The van der Waals surface area contributed by atoms with Crippen LogP contribution in [0.3, 0.4) is 0 Å². The molecule has 5 heteroatoms. The van der Waals surface area contributed by atoms with E-state index < -0.39 is 10.0 Å². The Morgan fingerprint density at radius 2 is 1.89 bits per heavy atom. The van der Waals surface area contributed by atoms with Crippen LogP contribution in [0, 0.1) is 11.8 Å². The Morgan fingerprint density at radius 1 is 1.16 bits per heavy atom. The number of rotatable bonds is 4. The van der Waals surface area contributed by atoms with Crippen LogP contribution in [-0.4, -0.2) is 14.5 Å². The van der Waals surface area contributed by atoms with Gasteiger partial charge in [-0.25, -0.2) is 13.1 Å². The summed E-state index contributed by atoms with van der Waals surface area (Å²) in [6, 6.07) is 7.15. The van der Waals surface area contributed by atoms with Crippen molar-refractivity contribution in [3.8, 4) is 0 Å². The Bertz CT molecular complexity index is 555. The van der Waals surface area contributed by atoms with Gasteiger partial charge in [-0.1, -0.05) is 30.2 Å². The van der Waals surface area contributed by atoms with E-state index >= 15 is 0 Å². The lowest BCUT2D eigenvalue weighted by atomic mass is 9.96. The highest BCUT2D eigenvalue weighted by atomic mass is 35.5. The molecule has 2 saturated carbocycles. The van der Waals surface area contributed by atoms with Gasteiger partial charge in [0.25, 0.3) is 0 Å². The normalized spacial score (nSPS) is 29.8. The number of halogens is 1. The topological polar surface area (TPSA) is 46.2 Å². The molecular weight excluding hydrogens is 282 g/mol. The minimum Gasteiger partial charge on any atom is -0.212 e. The molecule has 2 aliphatic rings. The first-order valence-electron chi connectivity index (χ1n) is 6.76. The molecule has 104 valence electrons. The van der Waals surface area contributed by atoms with E-state index in [2.05, 4.69) is 4.72 Å². The van der Waals surface area contributed by atoms with E-state index in [0.717, 1.165) is 17.9 Å². The molecule has 0 heterocycles. The highest BCUT2D eigenvalue weighted by Crippen LogP contribution is 2.44. The van der Waals surface area contributed by atoms with Crippen LogP contribution in [0.2, 0.25) is 5.02 Å². The molecule has 0 spiro atoms. The summed E-state index contributed by atoms with van der Waals surface area (Å²) in [7, 11) is -3.25. The van der Waals surface area contributed by atoms with Crippen LogP contribution in [0.5, 0.6) is 0 Å². The maximum Gasteiger partial charge on any atom is 0.216 e. The van der Waals surface area contributed by atoms with Crippen LogP contribution in [0.4, 0.5) is 0 Å². The van der Waals surface area contributed by atoms with Crippen LogP contribution in [0.1, 0.15) is 31.2 Å². The van der Waals surface area contributed by atoms with E-state index in [1.54, 1.807) is 24.3 Å². The summed E-state index contributed by atoms with van der Waals surface area (Å²) in [4.78, 5) is 0. The third-order valence-electron chi connectivity index (χ3n) is 4.34. The molecular formula is C14H18ClNO2S. The van der Waals surface area contributed by atoms with E-state index in [9.17, 15) is 8.42 Å². The molecule has 0 aromatic heterocycles. The molecule has 2 bridgehead atoms. The number of fused-ring (bicyclic) bond motifs is 2. The summed E-state index contributed by atoms with van der Waals surface area (Å²) in [6.45, 7) is 0. The van der Waals surface area contributed by atoms with E-state index in [1.807, 2.05) is 0 Å². The summed E-state index contributed by atoms with van der Waals surface area (Å²) in [5.41, 5.74) is 0.778. The average Bonchev–Trinajstić information content (AvgIpc) is 2.93. The lowest BCUT2D eigenvalue weighted by Gasteiger charge is -2.22. The predicted molar refractivity (Wildman–Crippen MR) is 76.4 cm³/mol. The third kappa shape index (κ3) is 3.12. The van der Waals surface area contributed by atoms with Gasteiger partial charge in [-0.05, 0) is 48.8 Å². The van der Waals surface area contributed by atoms with Crippen LogP contribution >= 0.6 is 11.6 Å². The third-order valence-corrected chi connectivity index (χ3v) is 5.97. The first-order valence-corrected chi connectivity index (χ1v) is 8.79. The zero-order valence-electron chi connectivity index (χ0n) is 10.7. The van der Waals surface area contributed by atoms with Gasteiger partial charge < -0.3 is 0 Å². The number of nitrogens with one attached hydrogen (secondary N) is 1. The predicted octanol–water partition coefficient (Wildman–Crippen LogP) is 2.95. The first-order chi connectivity index (χ1) is 9.02. The quantitative estimate of drug-likeness (QED) is 0.929. The fourth-order valence-electron chi connectivity index (χ4n) is 3.46. The van der Waals surface area contributed by atoms with E-state index in [-0.39, 0.29) is 11.8 Å². The van der Waals surface area contributed by atoms with Crippen LogP contribution in [-0.2, 0) is 15.8 Å². The Labute approximate surface area is 119 Å². The van der Waals surface area contributed by atoms with Crippen LogP contribution in [0.15, 0.2) is 24.3 Å². The second-order valence-corrected chi connectivity index (χ2v) is 7.98. The molecule has 0 aliphatic heterocycles. The number of hydrogen-bond donors (Lipinski definition) is 1. The molecule has 1 aromatic rings. The molecule has 1 aromatic carbocycles. The van der Waals surface area contributed by atoms with E-state index in [0.29, 0.717) is 10.9 Å². The van der Waals surface area contributed by atoms with Gasteiger partial charge in [0.2, 0.25) is 10.0 Å². The van der Waals surface area contributed by atoms with Gasteiger partial charge in [-0.2, -0.15) is 0 Å². The second kappa shape index (κ2) is 5.08. The average molecular weight is 300 g/mol. The molecule has 0 unspecified atom stereocenters. The van der Waals surface area contributed by atoms with Gasteiger partial charge in [-0.3, -0.25) is 0 Å².